The van der Waals surface area contributed by atoms with Gasteiger partial charge in [-0.05, 0) is 43.2 Å². The van der Waals surface area contributed by atoms with Crippen LogP contribution in [0.2, 0.25) is 0 Å². The second kappa shape index (κ2) is 7.88. The molecule has 0 aliphatic rings. The van der Waals surface area contributed by atoms with Crippen LogP contribution in [0.15, 0.2) is 41.9 Å². The Bertz CT molecular complexity index is 1140. The Morgan fingerprint density at radius 3 is 2.62 bits per heavy atom. The predicted octanol–water partition coefficient (Wildman–Crippen LogP) is 4.40. The van der Waals surface area contributed by atoms with Gasteiger partial charge in [-0.1, -0.05) is 13.8 Å². The zero-order valence-corrected chi connectivity index (χ0v) is 17.2. The number of benzene rings is 1. The normalized spacial score (nSPS) is 12.6. The molecule has 0 saturated carbocycles. The Morgan fingerprint density at radius 1 is 1.17 bits per heavy atom. The smallest absolute Gasteiger partial charge is 0.223 e. The van der Waals surface area contributed by atoms with Gasteiger partial charge >= 0.3 is 0 Å². The van der Waals surface area contributed by atoms with E-state index in [1.54, 1.807) is 29.7 Å². The van der Waals surface area contributed by atoms with Crippen LogP contribution in [0.5, 0.6) is 0 Å². The van der Waals surface area contributed by atoms with Gasteiger partial charge in [0.1, 0.15) is 11.5 Å². The first kappa shape index (κ1) is 19.5. The molecule has 0 fully saturated rings. The van der Waals surface area contributed by atoms with Gasteiger partial charge in [-0.15, -0.1) is 11.3 Å². The molecule has 4 aromatic rings. The van der Waals surface area contributed by atoms with E-state index in [0.29, 0.717) is 11.6 Å². The molecule has 3 aromatic heterocycles. The molecule has 6 nitrogen and oxygen atoms in total. The van der Waals surface area contributed by atoms with E-state index in [2.05, 4.69) is 14.7 Å². The van der Waals surface area contributed by atoms with Gasteiger partial charge in [-0.3, -0.25) is 4.40 Å². The average molecular weight is 412 g/mol. The molecule has 4 rings (SSSR count). The fraction of sp³-hybridized carbons (Fsp3) is 0.286. The molecular formula is C21H22FN5OS. The molecule has 0 amide bonds. The minimum atomic E-state index is -0.287. The van der Waals surface area contributed by atoms with E-state index in [1.807, 2.05) is 32.2 Å². The van der Waals surface area contributed by atoms with Crippen LogP contribution in [0, 0.1) is 18.7 Å². The fourth-order valence-corrected chi connectivity index (χ4v) is 4.06. The molecule has 0 spiro atoms. The van der Waals surface area contributed by atoms with Crippen molar-refractivity contribution in [1.82, 2.24) is 19.4 Å². The Morgan fingerprint density at radius 2 is 1.93 bits per heavy atom. The third kappa shape index (κ3) is 3.73. The molecule has 0 saturated heterocycles. The number of nitrogens with one attached hydrogen (secondary N) is 1. The first-order chi connectivity index (χ1) is 14.0. The van der Waals surface area contributed by atoms with Crippen molar-refractivity contribution in [3.8, 4) is 22.6 Å². The number of thiazole rings is 1. The number of aliphatic hydroxyl groups is 1. The van der Waals surface area contributed by atoms with Crippen molar-refractivity contribution in [2.75, 3.05) is 11.9 Å². The third-order valence-electron chi connectivity index (χ3n) is 4.87. The number of nitrogens with zero attached hydrogens (tertiary/aromatic N) is 4. The van der Waals surface area contributed by atoms with Crippen molar-refractivity contribution in [1.29, 1.82) is 0 Å². The van der Waals surface area contributed by atoms with Crippen LogP contribution in [-0.4, -0.2) is 37.1 Å². The van der Waals surface area contributed by atoms with Gasteiger partial charge < -0.3 is 10.4 Å². The van der Waals surface area contributed by atoms with Crippen LogP contribution in [0.3, 0.4) is 0 Å². The number of aryl methyl sites for hydroxylation is 1. The number of anilines is 1. The molecular weight excluding hydrogens is 389 g/mol. The van der Waals surface area contributed by atoms with Crippen molar-refractivity contribution >= 4 is 22.2 Å². The number of rotatable bonds is 6. The van der Waals surface area contributed by atoms with Crippen LogP contribution in [0.1, 0.15) is 19.5 Å². The maximum Gasteiger partial charge on any atom is 0.223 e. The first-order valence-corrected chi connectivity index (χ1v) is 10.3. The molecule has 0 aliphatic carbocycles. The first-order valence-electron chi connectivity index (χ1n) is 9.41. The standard InChI is InChI=1S/C21H22FN5OS/c1-12(2)17(10-28)25-20-23-9-8-16(24-20)19-18(14-4-6-15(22)7-5-14)26-21-27(19)13(3)11-29-21/h4-9,11-12,17,28H,10H2,1-3H3,(H,23,24,25)/t17-/m1/s1. The highest BCUT2D eigenvalue weighted by molar-refractivity contribution is 7.15. The summed E-state index contributed by atoms with van der Waals surface area (Å²) in [5.41, 5.74) is 4.15. The lowest BCUT2D eigenvalue weighted by Crippen LogP contribution is -2.30. The summed E-state index contributed by atoms with van der Waals surface area (Å²) in [5.74, 6) is 0.385. The van der Waals surface area contributed by atoms with Crippen molar-refractivity contribution in [3.63, 3.8) is 0 Å². The SMILES string of the molecule is Cc1csc2nc(-c3ccc(F)cc3)c(-c3ccnc(N[C@H](CO)C(C)C)n3)n12. The molecule has 2 N–H and O–H groups in total. The molecule has 0 bridgehead atoms. The second-order valence-electron chi connectivity index (χ2n) is 7.25. The van der Waals surface area contributed by atoms with Crippen LogP contribution >= 0.6 is 11.3 Å². The molecule has 1 atom stereocenters. The van der Waals surface area contributed by atoms with Gasteiger partial charge in [-0.25, -0.2) is 19.3 Å². The van der Waals surface area contributed by atoms with Gasteiger partial charge in [0.2, 0.25) is 5.95 Å². The van der Waals surface area contributed by atoms with E-state index in [-0.39, 0.29) is 24.4 Å². The lowest BCUT2D eigenvalue weighted by atomic mass is 10.1. The monoisotopic (exact) mass is 411 g/mol. The van der Waals surface area contributed by atoms with Gasteiger partial charge in [-0.2, -0.15) is 0 Å². The average Bonchev–Trinajstić information content (AvgIpc) is 3.26. The van der Waals surface area contributed by atoms with E-state index >= 15 is 0 Å². The second-order valence-corrected chi connectivity index (χ2v) is 8.09. The highest BCUT2D eigenvalue weighted by atomic mass is 32.1. The summed E-state index contributed by atoms with van der Waals surface area (Å²) < 4.78 is 15.5. The van der Waals surface area contributed by atoms with Crippen LogP contribution < -0.4 is 5.32 Å². The van der Waals surface area contributed by atoms with Gasteiger partial charge in [0.15, 0.2) is 4.96 Å². The van der Waals surface area contributed by atoms with Crippen molar-refractivity contribution < 1.29 is 9.50 Å². The minimum Gasteiger partial charge on any atom is -0.394 e. The molecule has 8 heteroatoms. The number of imidazole rings is 1. The van der Waals surface area contributed by atoms with E-state index in [4.69, 9.17) is 9.97 Å². The van der Waals surface area contributed by atoms with Gasteiger partial charge in [0.05, 0.1) is 24.0 Å². The molecule has 0 aliphatic heterocycles. The van der Waals surface area contributed by atoms with E-state index in [1.165, 1.54) is 12.1 Å². The zero-order valence-electron chi connectivity index (χ0n) is 16.4. The Hall–Kier alpha value is -2.84. The number of halogens is 1. The van der Waals surface area contributed by atoms with Crippen LogP contribution in [0.25, 0.3) is 27.6 Å². The molecule has 29 heavy (non-hydrogen) atoms. The number of aromatic nitrogens is 4. The quantitative estimate of drug-likeness (QED) is 0.492. The van der Waals surface area contributed by atoms with E-state index in [9.17, 15) is 9.50 Å². The number of aliphatic hydroxyl groups excluding tert-OH is 1. The molecule has 1 aromatic carbocycles. The van der Waals surface area contributed by atoms with E-state index in [0.717, 1.165) is 27.6 Å². The number of fused-ring (bicyclic) bond motifs is 1. The summed E-state index contributed by atoms with van der Waals surface area (Å²) in [4.78, 5) is 14.6. The summed E-state index contributed by atoms with van der Waals surface area (Å²) in [6.07, 6.45) is 1.69. The minimum absolute atomic E-state index is 0.00729. The lowest BCUT2D eigenvalue weighted by Gasteiger charge is -2.20. The van der Waals surface area contributed by atoms with E-state index < -0.39 is 0 Å². The maximum absolute atomic E-state index is 13.4. The summed E-state index contributed by atoms with van der Waals surface area (Å²) in [6.45, 7) is 6.07. The summed E-state index contributed by atoms with van der Waals surface area (Å²) in [5, 5.41) is 14.9. The lowest BCUT2D eigenvalue weighted by molar-refractivity contribution is 0.248. The third-order valence-corrected chi connectivity index (χ3v) is 5.81. The van der Waals surface area contributed by atoms with Crippen LogP contribution in [-0.2, 0) is 0 Å². The fourth-order valence-electron chi connectivity index (χ4n) is 3.19. The van der Waals surface area contributed by atoms with Crippen molar-refractivity contribution in [3.05, 3.63) is 53.4 Å². The summed E-state index contributed by atoms with van der Waals surface area (Å²) in [7, 11) is 0. The summed E-state index contributed by atoms with van der Waals surface area (Å²) in [6, 6.07) is 8.00. The topological polar surface area (TPSA) is 75.3 Å². The Kier molecular flexibility index (Phi) is 5.29. The van der Waals surface area contributed by atoms with Gasteiger partial charge in [0, 0.05) is 22.8 Å². The van der Waals surface area contributed by atoms with Crippen LogP contribution in [0.4, 0.5) is 10.3 Å². The molecule has 0 radical (unpaired) electrons. The highest BCUT2D eigenvalue weighted by Gasteiger charge is 2.21. The maximum atomic E-state index is 13.4. The highest BCUT2D eigenvalue weighted by Crippen LogP contribution is 2.35. The van der Waals surface area contributed by atoms with Gasteiger partial charge in [0.25, 0.3) is 0 Å². The predicted molar refractivity (Wildman–Crippen MR) is 114 cm³/mol. The Labute approximate surface area is 172 Å². The molecule has 0 unspecified atom stereocenters. The summed E-state index contributed by atoms with van der Waals surface area (Å²) >= 11 is 1.55. The Balaban J connectivity index is 1.85. The zero-order chi connectivity index (χ0) is 20.5. The molecule has 150 valence electrons. The van der Waals surface area contributed by atoms with Crippen molar-refractivity contribution in [2.45, 2.75) is 26.8 Å². The molecule has 3 heterocycles. The number of hydrogen-bond donors (Lipinski definition) is 2. The number of hydrogen-bond acceptors (Lipinski definition) is 6. The largest absolute Gasteiger partial charge is 0.394 e. The van der Waals surface area contributed by atoms with Crippen molar-refractivity contribution in [2.24, 2.45) is 5.92 Å².